The number of nitriles is 1. The van der Waals surface area contributed by atoms with Crippen LogP contribution in [0, 0.1) is 11.3 Å². The fraction of sp³-hybridized carbons (Fsp3) is 0.200. The first kappa shape index (κ1) is 20.1. The van der Waals surface area contributed by atoms with Crippen molar-refractivity contribution in [2.24, 2.45) is 7.05 Å². The number of aromatic nitrogens is 6. The summed E-state index contributed by atoms with van der Waals surface area (Å²) >= 11 is 0. The second-order valence-electron chi connectivity index (χ2n) is 6.74. The number of hydrogen-bond acceptors (Lipinski definition) is 6. The Kier molecular flexibility index (Phi) is 5.12. The summed E-state index contributed by atoms with van der Waals surface area (Å²) in [5, 5.41) is 15.6. The number of carbonyl (C=O) groups excluding carboxylic acids is 1. The predicted octanol–water partition coefficient (Wildman–Crippen LogP) is 2.85. The van der Waals surface area contributed by atoms with Gasteiger partial charge in [0.25, 0.3) is 12.3 Å². The molecule has 0 aromatic carbocycles. The zero-order valence-electron chi connectivity index (χ0n) is 16.5. The number of hydrogen-bond donors (Lipinski definition) is 1. The summed E-state index contributed by atoms with van der Waals surface area (Å²) in [4.78, 5) is 25.9. The van der Waals surface area contributed by atoms with Gasteiger partial charge in [-0.1, -0.05) is 0 Å². The highest BCUT2D eigenvalue weighted by molar-refractivity contribution is 5.92. The largest absolute Gasteiger partial charge is 0.341 e. The highest BCUT2D eigenvalue weighted by Gasteiger charge is 2.24. The van der Waals surface area contributed by atoms with Crippen LogP contribution in [-0.2, 0) is 7.05 Å². The van der Waals surface area contributed by atoms with Gasteiger partial charge < -0.3 is 5.32 Å². The monoisotopic (exact) mass is 422 g/mol. The molecular formula is C20H16F2N8O. The highest BCUT2D eigenvalue weighted by Crippen LogP contribution is 2.24. The zero-order chi connectivity index (χ0) is 22.1. The van der Waals surface area contributed by atoms with Crippen LogP contribution in [-0.4, -0.2) is 35.2 Å². The summed E-state index contributed by atoms with van der Waals surface area (Å²) in [6, 6.07) is 9.21. The zero-order valence-corrected chi connectivity index (χ0v) is 16.5. The number of alkyl halides is 2. The molecule has 1 amide bonds. The van der Waals surface area contributed by atoms with Gasteiger partial charge in [-0.05, 0) is 37.3 Å². The molecule has 0 unspecified atom stereocenters. The van der Waals surface area contributed by atoms with E-state index < -0.39 is 18.4 Å². The predicted molar refractivity (Wildman–Crippen MR) is 105 cm³/mol. The second-order valence-corrected chi connectivity index (χ2v) is 6.74. The summed E-state index contributed by atoms with van der Waals surface area (Å²) in [5.41, 5.74) is 1.03. The molecule has 1 atom stereocenters. The van der Waals surface area contributed by atoms with Gasteiger partial charge in [0.15, 0.2) is 11.3 Å². The maximum atomic E-state index is 13.0. The van der Waals surface area contributed by atoms with Gasteiger partial charge in [0.2, 0.25) is 0 Å². The molecule has 0 aliphatic carbocycles. The first-order valence-electron chi connectivity index (χ1n) is 9.22. The third-order valence-corrected chi connectivity index (χ3v) is 4.66. The van der Waals surface area contributed by atoms with Gasteiger partial charge in [0.1, 0.15) is 28.9 Å². The van der Waals surface area contributed by atoms with Crippen molar-refractivity contribution < 1.29 is 13.6 Å². The number of fused-ring (bicyclic) bond motifs is 1. The summed E-state index contributed by atoms with van der Waals surface area (Å²) in [7, 11) is 1.35. The molecule has 9 nitrogen and oxygen atoms in total. The number of imidazole rings is 1. The first-order chi connectivity index (χ1) is 14.9. The maximum absolute atomic E-state index is 13.0. The van der Waals surface area contributed by atoms with Crippen molar-refractivity contribution in [3.8, 4) is 11.9 Å². The number of nitrogens with one attached hydrogen (secondary N) is 1. The molecule has 0 saturated heterocycles. The molecule has 4 rings (SSSR count). The van der Waals surface area contributed by atoms with E-state index in [2.05, 4.69) is 25.4 Å². The SMILES string of the molecule is C[C@H](NC(=O)c1cc(C(F)F)n(C)n1)c1nc2cccnc2n1-c1ccc(C#N)cn1. The summed E-state index contributed by atoms with van der Waals surface area (Å²) < 4.78 is 28.7. The van der Waals surface area contributed by atoms with E-state index in [-0.39, 0.29) is 11.4 Å². The van der Waals surface area contributed by atoms with Gasteiger partial charge in [-0.15, -0.1) is 0 Å². The highest BCUT2D eigenvalue weighted by atomic mass is 19.3. The number of aryl methyl sites for hydroxylation is 1. The van der Waals surface area contributed by atoms with Crippen LogP contribution < -0.4 is 5.32 Å². The number of amides is 1. The standard InChI is InChI=1S/C20H16F2N8O/c1-11(26-20(31)14-8-15(17(21)22)29(2)28-14)18-27-13-4-3-7-24-19(13)30(18)16-6-5-12(9-23)10-25-16/h3-8,10-11,17H,1-2H3,(H,26,31)/t11-/m0/s1. The Hall–Kier alpha value is -4.20. The van der Waals surface area contributed by atoms with E-state index >= 15 is 0 Å². The molecule has 0 bridgehead atoms. The molecule has 0 spiro atoms. The van der Waals surface area contributed by atoms with Crippen molar-refractivity contribution in [1.82, 2.24) is 34.6 Å². The number of pyridine rings is 2. The van der Waals surface area contributed by atoms with Crippen LogP contribution in [0.5, 0.6) is 0 Å². The van der Waals surface area contributed by atoms with Crippen LogP contribution in [0.4, 0.5) is 8.78 Å². The lowest BCUT2D eigenvalue weighted by Gasteiger charge is -2.15. The molecule has 4 aromatic heterocycles. The summed E-state index contributed by atoms with van der Waals surface area (Å²) in [6.45, 7) is 1.70. The number of nitrogens with zero attached hydrogens (tertiary/aromatic N) is 7. The van der Waals surface area contributed by atoms with Crippen molar-refractivity contribution in [2.75, 3.05) is 0 Å². The Bertz CT molecular complexity index is 1300. The van der Waals surface area contributed by atoms with Crippen molar-refractivity contribution >= 4 is 17.1 Å². The molecule has 156 valence electrons. The van der Waals surface area contributed by atoms with E-state index in [0.717, 1.165) is 10.7 Å². The maximum Gasteiger partial charge on any atom is 0.280 e. The molecular weight excluding hydrogens is 406 g/mol. The van der Waals surface area contributed by atoms with E-state index in [1.54, 1.807) is 42.0 Å². The molecule has 11 heteroatoms. The number of halogens is 2. The van der Waals surface area contributed by atoms with E-state index in [9.17, 15) is 13.6 Å². The Morgan fingerprint density at radius 3 is 2.71 bits per heavy atom. The third kappa shape index (κ3) is 3.71. The van der Waals surface area contributed by atoms with Gasteiger partial charge in [0.05, 0.1) is 11.6 Å². The summed E-state index contributed by atoms with van der Waals surface area (Å²) in [5.74, 6) is 0.285. The molecule has 4 aromatic rings. The Balaban J connectivity index is 1.71. The number of rotatable bonds is 5. The van der Waals surface area contributed by atoms with Gasteiger partial charge in [-0.3, -0.25) is 14.0 Å². The Labute approximate surface area is 175 Å². The molecule has 31 heavy (non-hydrogen) atoms. The van der Waals surface area contributed by atoms with Crippen LogP contribution >= 0.6 is 0 Å². The van der Waals surface area contributed by atoms with E-state index in [1.165, 1.54) is 13.2 Å². The molecule has 0 aliphatic rings. The molecule has 1 N–H and O–H groups in total. The van der Waals surface area contributed by atoms with Crippen molar-refractivity contribution in [1.29, 1.82) is 5.26 Å². The minimum Gasteiger partial charge on any atom is -0.341 e. The fourth-order valence-electron chi connectivity index (χ4n) is 3.16. The lowest BCUT2D eigenvalue weighted by molar-refractivity contribution is 0.0932. The Morgan fingerprint density at radius 1 is 1.26 bits per heavy atom. The van der Waals surface area contributed by atoms with Crippen LogP contribution in [0.15, 0.2) is 42.7 Å². The van der Waals surface area contributed by atoms with Gasteiger partial charge in [0, 0.05) is 19.4 Å². The van der Waals surface area contributed by atoms with E-state index in [1.807, 2.05) is 6.07 Å². The fourth-order valence-corrected chi connectivity index (χ4v) is 3.16. The lowest BCUT2D eigenvalue weighted by atomic mass is 10.2. The topological polar surface area (TPSA) is 114 Å². The Morgan fingerprint density at radius 2 is 2.06 bits per heavy atom. The molecule has 0 fully saturated rings. The smallest absolute Gasteiger partial charge is 0.280 e. The molecule has 0 aliphatic heterocycles. The van der Waals surface area contributed by atoms with Crippen LogP contribution in [0.25, 0.3) is 17.0 Å². The first-order valence-corrected chi connectivity index (χ1v) is 9.22. The van der Waals surface area contributed by atoms with Crippen LogP contribution in [0.1, 0.15) is 47.0 Å². The average molecular weight is 422 g/mol. The van der Waals surface area contributed by atoms with Crippen molar-refractivity contribution in [2.45, 2.75) is 19.4 Å². The van der Waals surface area contributed by atoms with Crippen LogP contribution in [0.2, 0.25) is 0 Å². The number of carbonyl (C=O) groups is 1. The molecule has 0 radical (unpaired) electrons. The molecule has 4 heterocycles. The van der Waals surface area contributed by atoms with Crippen molar-refractivity contribution in [3.05, 3.63) is 65.5 Å². The lowest BCUT2D eigenvalue weighted by Crippen LogP contribution is -2.29. The second kappa shape index (κ2) is 7.91. The summed E-state index contributed by atoms with van der Waals surface area (Å²) in [6.07, 6.45) is 0.294. The normalized spacial score (nSPS) is 12.1. The minimum absolute atomic E-state index is 0.123. The van der Waals surface area contributed by atoms with Gasteiger partial charge in [-0.2, -0.15) is 10.4 Å². The van der Waals surface area contributed by atoms with Crippen LogP contribution in [0.3, 0.4) is 0 Å². The third-order valence-electron chi connectivity index (χ3n) is 4.66. The van der Waals surface area contributed by atoms with Gasteiger partial charge >= 0.3 is 0 Å². The van der Waals surface area contributed by atoms with E-state index in [4.69, 9.17) is 5.26 Å². The van der Waals surface area contributed by atoms with Gasteiger partial charge in [-0.25, -0.2) is 23.7 Å². The minimum atomic E-state index is -2.74. The molecule has 0 saturated carbocycles. The average Bonchev–Trinajstić information content (AvgIpc) is 3.35. The quantitative estimate of drug-likeness (QED) is 0.529. The van der Waals surface area contributed by atoms with E-state index in [0.29, 0.717) is 28.4 Å². The van der Waals surface area contributed by atoms with Crippen molar-refractivity contribution in [3.63, 3.8) is 0 Å².